The summed E-state index contributed by atoms with van der Waals surface area (Å²) >= 11 is 12.2. The number of H-pyrrole nitrogens is 1. The highest BCUT2D eigenvalue weighted by molar-refractivity contribution is 6.40. The van der Waals surface area contributed by atoms with Gasteiger partial charge in [0, 0.05) is 10.7 Å². The molecule has 0 spiro atoms. The van der Waals surface area contributed by atoms with Crippen LogP contribution < -0.4 is 10.2 Å². The molecule has 2 heterocycles. The Morgan fingerprint density at radius 3 is 2.50 bits per heavy atom. The van der Waals surface area contributed by atoms with Gasteiger partial charge in [-0.05, 0) is 48.9 Å². The van der Waals surface area contributed by atoms with E-state index in [0.29, 0.717) is 22.0 Å². The lowest BCUT2D eigenvalue weighted by molar-refractivity contribution is 0.0924. The van der Waals surface area contributed by atoms with E-state index < -0.39 is 11.8 Å². The monoisotopic (exact) mass is 414 g/mol. The number of aromatic nitrogens is 2. The van der Waals surface area contributed by atoms with Crippen molar-refractivity contribution in [2.75, 3.05) is 10.2 Å². The van der Waals surface area contributed by atoms with Crippen LogP contribution in [0.4, 0.5) is 11.4 Å². The molecule has 4 rings (SSSR count). The van der Waals surface area contributed by atoms with Crippen LogP contribution in [0, 0.1) is 6.92 Å². The zero-order valence-electron chi connectivity index (χ0n) is 14.4. The molecule has 7 nitrogen and oxygen atoms in total. The first-order valence-corrected chi connectivity index (χ1v) is 8.91. The third-order valence-electron chi connectivity index (χ3n) is 4.35. The lowest BCUT2D eigenvalue weighted by Gasteiger charge is -2.16. The van der Waals surface area contributed by atoms with E-state index in [1.54, 1.807) is 25.3 Å². The van der Waals surface area contributed by atoms with Gasteiger partial charge >= 0.3 is 0 Å². The molecule has 28 heavy (non-hydrogen) atoms. The molecule has 0 fully saturated rings. The van der Waals surface area contributed by atoms with E-state index in [1.165, 1.54) is 24.3 Å². The lowest BCUT2D eigenvalue weighted by atomic mass is 10.1. The first-order valence-electron chi connectivity index (χ1n) is 8.16. The molecular formula is C19H12Cl2N4O3. The van der Waals surface area contributed by atoms with Crippen molar-refractivity contribution in [3.8, 4) is 0 Å². The molecule has 140 valence electrons. The number of fused-ring (bicyclic) bond motifs is 1. The number of anilines is 2. The number of amides is 3. The fourth-order valence-corrected chi connectivity index (χ4v) is 3.40. The summed E-state index contributed by atoms with van der Waals surface area (Å²) < 4.78 is 0. The number of hydrogen-bond acceptors (Lipinski definition) is 4. The number of rotatable bonds is 3. The van der Waals surface area contributed by atoms with Gasteiger partial charge in [0.2, 0.25) is 0 Å². The van der Waals surface area contributed by atoms with Crippen molar-refractivity contribution in [1.82, 2.24) is 10.2 Å². The van der Waals surface area contributed by atoms with Gasteiger partial charge in [0.05, 0.1) is 28.0 Å². The molecule has 1 aliphatic rings. The van der Waals surface area contributed by atoms with Crippen molar-refractivity contribution in [1.29, 1.82) is 0 Å². The first-order chi connectivity index (χ1) is 13.4. The van der Waals surface area contributed by atoms with E-state index in [4.69, 9.17) is 23.2 Å². The number of carbonyl (C=O) groups is 3. The topological polar surface area (TPSA) is 95.2 Å². The third kappa shape index (κ3) is 2.94. The smallest absolute Gasteiger partial charge is 0.273 e. The number of halogens is 2. The van der Waals surface area contributed by atoms with Gasteiger partial charge in [0.25, 0.3) is 17.7 Å². The Hall–Kier alpha value is -3.16. The minimum atomic E-state index is -0.505. The summed E-state index contributed by atoms with van der Waals surface area (Å²) in [5, 5.41) is 9.62. The van der Waals surface area contributed by atoms with E-state index in [-0.39, 0.29) is 27.7 Å². The molecule has 0 atom stereocenters. The van der Waals surface area contributed by atoms with E-state index in [2.05, 4.69) is 15.5 Å². The first kappa shape index (κ1) is 18.2. The fraction of sp³-hybridized carbons (Fsp3) is 0.0526. The Labute approximate surface area is 169 Å². The van der Waals surface area contributed by atoms with Gasteiger partial charge in [-0.2, -0.15) is 5.10 Å². The summed E-state index contributed by atoms with van der Waals surface area (Å²) in [5.74, 6) is -1.37. The van der Waals surface area contributed by atoms with Crippen LogP contribution >= 0.6 is 23.2 Å². The summed E-state index contributed by atoms with van der Waals surface area (Å²) in [6.45, 7) is 1.75. The molecular weight excluding hydrogens is 403 g/mol. The number of aromatic amines is 1. The predicted molar refractivity (Wildman–Crippen MR) is 105 cm³/mol. The quantitative estimate of drug-likeness (QED) is 0.631. The highest BCUT2D eigenvalue weighted by Gasteiger charge is 2.37. The summed E-state index contributed by atoms with van der Waals surface area (Å²) in [7, 11) is 0. The van der Waals surface area contributed by atoms with Crippen molar-refractivity contribution < 1.29 is 14.4 Å². The normalized spacial score (nSPS) is 13.0. The van der Waals surface area contributed by atoms with Gasteiger partial charge in [0.1, 0.15) is 5.69 Å². The molecule has 0 aliphatic carbocycles. The molecule has 1 aliphatic heterocycles. The van der Waals surface area contributed by atoms with Crippen LogP contribution in [0.5, 0.6) is 0 Å². The van der Waals surface area contributed by atoms with Crippen molar-refractivity contribution in [2.24, 2.45) is 0 Å². The van der Waals surface area contributed by atoms with E-state index >= 15 is 0 Å². The molecule has 3 aromatic rings. The Kier molecular flexibility index (Phi) is 4.41. The molecule has 0 unspecified atom stereocenters. The summed E-state index contributed by atoms with van der Waals surface area (Å²) in [6.07, 6.45) is 1.54. The zero-order chi connectivity index (χ0) is 20.0. The number of hydrogen-bond donors (Lipinski definition) is 2. The molecule has 2 N–H and O–H groups in total. The second-order valence-corrected chi connectivity index (χ2v) is 7.03. The number of nitrogens with one attached hydrogen (secondary N) is 2. The summed E-state index contributed by atoms with van der Waals surface area (Å²) in [4.78, 5) is 38.6. The van der Waals surface area contributed by atoms with Gasteiger partial charge in [-0.3, -0.25) is 19.5 Å². The van der Waals surface area contributed by atoms with Crippen LogP contribution in [0.25, 0.3) is 0 Å². The highest BCUT2D eigenvalue weighted by Crippen LogP contribution is 2.35. The lowest BCUT2D eigenvalue weighted by Crippen LogP contribution is -2.29. The van der Waals surface area contributed by atoms with Gasteiger partial charge in [0.15, 0.2) is 0 Å². The maximum atomic E-state index is 12.7. The van der Waals surface area contributed by atoms with Gasteiger partial charge in [-0.15, -0.1) is 0 Å². The SMILES string of the molecule is Cc1cn[nH]c1C(=O)Nc1ccc(N2C(=O)c3ccc(Cl)cc3C2=O)c(Cl)c1. The number of carbonyl (C=O) groups excluding carboxylic acids is 3. The zero-order valence-corrected chi connectivity index (χ0v) is 15.9. The molecule has 2 aromatic carbocycles. The minimum Gasteiger partial charge on any atom is -0.321 e. The second-order valence-electron chi connectivity index (χ2n) is 6.18. The van der Waals surface area contributed by atoms with Crippen LogP contribution in [0.15, 0.2) is 42.6 Å². The number of aryl methyl sites for hydroxylation is 1. The van der Waals surface area contributed by atoms with Crippen LogP contribution in [0.2, 0.25) is 10.0 Å². The van der Waals surface area contributed by atoms with Crippen molar-refractivity contribution in [2.45, 2.75) is 6.92 Å². The Bertz CT molecular complexity index is 1160. The van der Waals surface area contributed by atoms with Crippen LogP contribution in [-0.4, -0.2) is 27.9 Å². The molecule has 1 aromatic heterocycles. The van der Waals surface area contributed by atoms with Crippen LogP contribution in [0.3, 0.4) is 0 Å². The van der Waals surface area contributed by atoms with Gasteiger partial charge in [-0.1, -0.05) is 23.2 Å². The molecule has 9 heteroatoms. The summed E-state index contributed by atoms with van der Waals surface area (Å²) in [6, 6.07) is 9.03. The van der Waals surface area contributed by atoms with Crippen molar-refractivity contribution >= 4 is 52.3 Å². The Morgan fingerprint density at radius 2 is 1.82 bits per heavy atom. The maximum absolute atomic E-state index is 12.7. The van der Waals surface area contributed by atoms with E-state index in [0.717, 1.165) is 4.90 Å². The molecule has 0 bridgehead atoms. The third-order valence-corrected chi connectivity index (χ3v) is 4.89. The summed E-state index contributed by atoms with van der Waals surface area (Å²) in [5.41, 5.74) is 2.15. The maximum Gasteiger partial charge on any atom is 0.273 e. The largest absolute Gasteiger partial charge is 0.321 e. The average Bonchev–Trinajstić information content (AvgIpc) is 3.18. The predicted octanol–water partition coefficient (Wildman–Crippen LogP) is 4.08. The van der Waals surface area contributed by atoms with Crippen LogP contribution in [0.1, 0.15) is 36.8 Å². The fourth-order valence-electron chi connectivity index (χ4n) is 2.97. The molecule has 0 saturated heterocycles. The van der Waals surface area contributed by atoms with Crippen molar-refractivity contribution in [3.05, 3.63) is 75.0 Å². The van der Waals surface area contributed by atoms with E-state index in [1.807, 2.05) is 0 Å². The van der Waals surface area contributed by atoms with E-state index in [9.17, 15) is 14.4 Å². The average molecular weight is 415 g/mol. The minimum absolute atomic E-state index is 0.139. The Morgan fingerprint density at radius 1 is 1.07 bits per heavy atom. The van der Waals surface area contributed by atoms with Crippen LogP contribution in [-0.2, 0) is 0 Å². The second kappa shape index (κ2) is 6.78. The molecule has 3 amide bonds. The number of imide groups is 1. The van der Waals surface area contributed by atoms with Gasteiger partial charge in [-0.25, -0.2) is 4.90 Å². The Balaban J connectivity index is 1.62. The highest BCUT2D eigenvalue weighted by atomic mass is 35.5. The molecule has 0 saturated carbocycles. The van der Waals surface area contributed by atoms with Gasteiger partial charge < -0.3 is 5.32 Å². The number of benzene rings is 2. The number of nitrogens with zero attached hydrogens (tertiary/aromatic N) is 2. The standard InChI is InChI=1S/C19H12Cl2N4O3/c1-9-8-22-24-16(9)17(26)23-11-3-5-15(14(21)7-11)25-18(27)12-4-2-10(20)6-13(12)19(25)28/h2-8H,1H3,(H,22,24)(H,23,26). The molecule has 0 radical (unpaired) electrons. The van der Waals surface area contributed by atoms with Crippen molar-refractivity contribution in [3.63, 3.8) is 0 Å².